The number of benzene rings is 12. The zero-order valence-electron chi connectivity index (χ0n) is 65.9. The van der Waals surface area contributed by atoms with Gasteiger partial charge >= 0.3 is 0 Å². The molecule has 8 amide bonds. The molecule has 8 N–H and O–H groups in total. The number of primary amides is 4. The Labute approximate surface area is 726 Å². The molecular weight excluding hydrogens is 1660 g/mol. The van der Waals surface area contributed by atoms with Crippen LogP contribution >= 0.6 is 58.0 Å². The molecule has 16 rings (SSSR count). The van der Waals surface area contributed by atoms with Crippen molar-refractivity contribution in [1.29, 1.82) is 0 Å². The van der Waals surface area contributed by atoms with Gasteiger partial charge in [-0.25, -0.2) is 8.78 Å². The van der Waals surface area contributed by atoms with Gasteiger partial charge in [0, 0.05) is 127 Å². The standard InChI is InChI=1S/2C24H20ClFN2O3.C24H21ClN2O3.C23H18Cl2N2O3/c1-14-9-18(26)6-8-21(14)31-22-11-15(5-7-20(22)25)17-12-23(29)28(13-17)19-4-2-3-16(10-19)24(27)30;1-14-5-7-18(26)12-21(14)31-22-10-15(6-8-20(22)25)17-11-23(29)28(13-17)19-4-2-3-16(9-19)24(27)30;1-15-5-2-3-8-21(15)30-22-12-16(9-10-20(22)25)18-13-23(28)27(14-18)19-7-4-6-17(11-19)24(26)29;24-18-6-1-2-7-20(18)30-21-11-14(8-9-19(21)25)16-12-22(28)27(13-16)17-5-3-4-15(10-17)23(26)29/h2-11,17H,12-13H2,1H3,(H2,27,30);2-10,12,17H,11,13H2,1H3,(H2,27,30);2-12,18H,13-14H2,1H3,(H2,26,29);1-11,16H,12-13H2,(H2,26,29)/t2*17-;18-;16-/m0000/s1. The van der Waals surface area contributed by atoms with E-state index in [0.717, 1.165) is 39.1 Å². The largest absolute Gasteiger partial charge is 0.456 e. The van der Waals surface area contributed by atoms with Gasteiger partial charge in [-0.3, -0.25) is 38.4 Å². The molecule has 4 aliphatic heterocycles. The van der Waals surface area contributed by atoms with Gasteiger partial charge in [-0.2, -0.15) is 0 Å². The Bertz CT molecular complexity index is 5900. The predicted molar refractivity (Wildman–Crippen MR) is 470 cm³/mol. The molecule has 12 aromatic rings. The predicted octanol–water partition coefficient (Wildman–Crippen LogP) is 20.9. The highest BCUT2D eigenvalue weighted by atomic mass is 35.5. The number of rotatable bonds is 20. The first-order valence-electron chi connectivity index (χ1n) is 38.5. The zero-order valence-corrected chi connectivity index (χ0v) is 69.6. The molecule has 620 valence electrons. The van der Waals surface area contributed by atoms with E-state index in [-0.39, 0.29) is 53.1 Å². The summed E-state index contributed by atoms with van der Waals surface area (Å²) in [7, 11) is 0. The second kappa shape index (κ2) is 38.5. The molecule has 0 radical (unpaired) electrons. The van der Waals surface area contributed by atoms with Crippen LogP contribution < -0.4 is 61.5 Å². The maximum absolute atomic E-state index is 13.6. The van der Waals surface area contributed by atoms with E-state index in [9.17, 15) is 47.1 Å². The van der Waals surface area contributed by atoms with Gasteiger partial charge in [0.1, 0.15) is 57.6 Å². The number of nitrogens with zero attached hydrogens (tertiary/aromatic N) is 4. The fraction of sp³-hybridized carbons (Fsp3) is 0.158. The molecule has 0 bridgehead atoms. The van der Waals surface area contributed by atoms with Crippen molar-refractivity contribution in [1.82, 2.24) is 0 Å². The summed E-state index contributed by atoms with van der Waals surface area (Å²) in [5.41, 5.74) is 31.6. The summed E-state index contributed by atoms with van der Waals surface area (Å²) in [5, 5.41) is 2.26. The molecule has 0 unspecified atom stereocenters. The highest BCUT2D eigenvalue weighted by molar-refractivity contribution is 6.33. The molecule has 0 spiro atoms. The van der Waals surface area contributed by atoms with Gasteiger partial charge in [0.15, 0.2) is 0 Å². The summed E-state index contributed by atoms with van der Waals surface area (Å²) < 4.78 is 50.7. The number of ether oxygens (including phenoxy) is 4. The molecule has 0 aromatic heterocycles. The highest BCUT2D eigenvalue weighted by Crippen LogP contribution is 2.44. The van der Waals surface area contributed by atoms with E-state index in [2.05, 4.69) is 0 Å². The summed E-state index contributed by atoms with van der Waals surface area (Å²) in [6, 6.07) is 72.3. The van der Waals surface area contributed by atoms with Gasteiger partial charge in [0.05, 0.1) is 25.1 Å². The number of carbonyl (C=O) groups is 8. The van der Waals surface area contributed by atoms with Gasteiger partial charge in [0.2, 0.25) is 47.3 Å². The molecule has 12 aromatic carbocycles. The average molecular weight is 1740 g/mol. The molecule has 4 heterocycles. The van der Waals surface area contributed by atoms with Crippen molar-refractivity contribution in [2.75, 3.05) is 45.8 Å². The van der Waals surface area contributed by atoms with Crippen molar-refractivity contribution in [3.05, 3.63) is 353 Å². The fourth-order valence-electron chi connectivity index (χ4n) is 14.5. The van der Waals surface area contributed by atoms with Crippen LogP contribution in [0.5, 0.6) is 46.0 Å². The van der Waals surface area contributed by atoms with Crippen LogP contribution in [0.3, 0.4) is 0 Å². The third kappa shape index (κ3) is 21.0. The summed E-state index contributed by atoms with van der Waals surface area (Å²) in [6.07, 6.45) is 1.33. The van der Waals surface area contributed by atoms with Crippen molar-refractivity contribution in [2.24, 2.45) is 22.9 Å². The zero-order chi connectivity index (χ0) is 86.7. The molecule has 4 saturated heterocycles. The molecule has 27 heteroatoms. The molecule has 122 heavy (non-hydrogen) atoms. The molecule has 4 aliphatic rings. The Morgan fingerprint density at radius 3 is 0.893 bits per heavy atom. The number of aryl methyl sites for hydroxylation is 3. The van der Waals surface area contributed by atoms with Gasteiger partial charge in [0.25, 0.3) is 0 Å². The SMILES string of the molecule is Cc1cc(F)ccc1Oc1cc([C@H]2CC(=O)N(c3cccc(C(N)=O)c3)C2)ccc1Cl.Cc1ccc(F)cc1Oc1cc([C@H]2CC(=O)N(c3cccc(C(N)=O)c3)C2)ccc1Cl.Cc1ccccc1Oc1cc([C@H]2CC(=O)N(c3cccc(C(N)=O)c3)C2)ccc1Cl.NC(=O)c1cccc(N2C[C@@H](c3ccc(Cl)c(Oc4ccccc4Cl)c3)CC2=O)c1. The van der Waals surface area contributed by atoms with Crippen LogP contribution in [-0.2, 0) is 19.2 Å². The number of hydrogen-bond donors (Lipinski definition) is 4. The van der Waals surface area contributed by atoms with Crippen LogP contribution in [0.15, 0.2) is 255 Å². The Balaban J connectivity index is 0.000000140. The first-order valence-corrected chi connectivity index (χ1v) is 40.4. The summed E-state index contributed by atoms with van der Waals surface area (Å²) in [6.45, 7) is 7.43. The lowest BCUT2D eigenvalue weighted by Gasteiger charge is -2.18. The van der Waals surface area contributed by atoms with Gasteiger partial charge in [-0.05, 0) is 224 Å². The molecular formula is C95H79Cl5F2N8O12. The van der Waals surface area contributed by atoms with Crippen LogP contribution in [0.4, 0.5) is 31.5 Å². The van der Waals surface area contributed by atoms with E-state index >= 15 is 0 Å². The van der Waals surface area contributed by atoms with E-state index in [1.54, 1.807) is 178 Å². The molecule has 20 nitrogen and oxygen atoms in total. The fourth-order valence-corrected chi connectivity index (χ4v) is 15.3. The second-order valence-corrected chi connectivity index (χ2v) is 31.5. The topological polar surface area (TPSA) is 291 Å². The number of halogens is 7. The summed E-state index contributed by atoms with van der Waals surface area (Å²) >= 11 is 31.5. The monoisotopic (exact) mass is 1740 g/mol. The number of anilines is 4. The highest BCUT2D eigenvalue weighted by Gasteiger charge is 2.37. The minimum absolute atomic E-state index is 0.00191. The van der Waals surface area contributed by atoms with Gasteiger partial charge in [-0.1, -0.05) is 143 Å². The van der Waals surface area contributed by atoms with Crippen molar-refractivity contribution >= 4 is 128 Å². The van der Waals surface area contributed by atoms with Gasteiger partial charge in [-0.15, -0.1) is 0 Å². The smallest absolute Gasteiger partial charge is 0.248 e. The van der Waals surface area contributed by atoms with Crippen LogP contribution in [0.25, 0.3) is 0 Å². The lowest BCUT2D eigenvalue weighted by molar-refractivity contribution is -0.118. The number of para-hydroxylation sites is 2. The third-order valence-electron chi connectivity index (χ3n) is 21.1. The molecule has 4 atom stereocenters. The van der Waals surface area contributed by atoms with Gasteiger partial charge < -0.3 is 61.5 Å². The summed E-state index contributed by atoms with van der Waals surface area (Å²) in [4.78, 5) is 103. The maximum atomic E-state index is 13.6. The summed E-state index contributed by atoms with van der Waals surface area (Å²) in [5.74, 6) is 0.813. The lowest BCUT2D eigenvalue weighted by Crippen LogP contribution is -2.24. The minimum atomic E-state index is -0.544. The number of carbonyl (C=O) groups excluding carboxylic acids is 8. The van der Waals surface area contributed by atoms with E-state index in [0.29, 0.717) is 168 Å². The second-order valence-electron chi connectivity index (χ2n) is 29.5. The van der Waals surface area contributed by atoms with Crippen LogP contribution in [-0.4, -0.2) is 73.4 Å². The Morgan fingerprint density at radius 2 is 0.566 bits per heavy atom. The third-order valence-corrected chi connectivity index (χ3v) is 22.6. The van der Waals surface area contributed by atoms with E-state index in [4.69, 9.17) is 99.9 Å². The molecule has 0 saturated carbocycles. The molecule has 4 fully saturated rings. The number of amides is 8. The van der Waals surface area contributed by atoms with E-state index in [1.807, 2.05) is 92.7 Å². The Morgan fingerprint density at radius 1 is 0.287 bits per heavy atom. The van der Waals surface area contributed by atoms with Crippen LogP contribution in [0, 0.1) is 32.4 Å². The average Bonchev–Trinajstić information content (AvgIpc) is 1.67. The van der Waals surface area contributed by atoms with E-state index < -0.39 is 29.4 Å². The molecule has 0 aliphatic carbocycles. The van der Waals surface area contributed by atoms with Crippen molar-refractivity contribution < 1.29 is 66.1 Å². The Kier molecular flexibility index (Phi) is 27.4. The first kappa shape index (κ1) is 86.7. The maximum Gasteiger partial charge on any atom is 0.248 e. The number of nitrogens with two attached hydrogens (primary N) is 4. The Hall–Kier alpha value is -13.1. The van der Waals surface area contributed by atoms with Crippen LogP contribution in [0.2, 0.25) is 25.1 Å². The quantitative estimate of drug-likeness (QED) is 0.0554. The minimum Gasteiger partial charge on any atom is -0.456 e. The normalized spacial score (nSPS) is 16.0. The van der Waals surface area contributed by atoms with Crippen molar-refractivity contribution in [3.63, 3.8) is 0 Å². The van der Waals surface area contributed by atoms with Crippen molar-refractivity contribution in [2.45, 2.75) is 70.1 Å². The van der Waals surface area contributed by atoms with E-state index in [1.165, 1.54) is 24.3 Å². The first-order chi connectivity index (χ1) is 58.5. The lowest BCUT2D eigenvalue weighted by atomic mass is 9.98. The number of hydrogen-bond acceptors (Lipinski definition) is 12. The van der Waals surface area contributed by atoms with Crippen LogP contribution in [0.1, 0.15) is 130 Å². The van der Waals surface area contributed by atoms with Crippen molar-refractivity contribution in [3.8, 4) is 46.0 Å².